The zero-order valence-corrected chi connectivity index (χ0v) is 21.1. The molecule has 3 heterocycles. The molecule has 3 aromatic heterocycles. The van der Waals surface area contributed by atoms with Gasteiger partial charge in [-0.15, -0.1) is 11.3 Å². The highest BCUT2D eigenvalue weighted by Gasteiger charge is 2.13. The third-order valence-electron chi connectivity index (χ3n) is 5.76. The van der Waals surface area contributed by atoms with Gasteiger partial charge in [-0.3, -0.25) is 9.78 Å². The summed E-state index contributed by atoms with van der Waals surface area (Å²) in [5, 5.41) is 6.03. The molecule has 0 saturated heterocycles. The van der Waals surface area contributed by atoms with Crippen LogP contribution in [0.5, 0.6) is 0 Å². The minimum atomic E-state index is -0.0419. The van der Waals surface area contributed by atoms with Gasteiger partial charge in [0, 0.05) is 28.9 Å². The van der Waals surface area contributed by atoms with Crippen molar-refractivity contribution < 1.29 is 4.79 Å². The number of carbonyl (C=O) groups excluding carboxylic acids is 1. The number of fused-ring (bicyclic) bond motifs is 1. The van der Waals surface area contributed by atoms with E-state index in [2.05, 4.69) is 57.5 Å². The molecule has 0 fully saturated rings. The van der Waals surface area contributed by atoms with Crippen LogP contribution in [-0.2, 0) is 18.7 Å². The molecule has 5 aromatic rings. The van der Waals surface area contributed by atoms with E-state index >= 15 is 0 Å². The molecule has 5 rings (SSSR count). The van der Waals surface area contributed by atoms with Crippen LogP contribution in [0.3, 0.4) is 0 Å². The van der Waals surface area contributed by atoms with Crippen LogP contribution in [0.4, 0.5) is 0 Å². The van der Waals surface area contributed by atoms with Crippen LogP contribution >= 0.6 is 23.1 Å². The Morgan fingerprint density at radius 3 is 2.74 bits per heavy atom. The number of amides is 1. The van der Waals surface area contributed by atoms with Crippen molar-refractivity contribution in [3.63, 3.8) is 0 Å². The summed E-state index contributed by atoms with van der Waals surface area (Å²) in [6, 6.07) is 22.5. The Labute approximate surface area is 213 Å². The Morgan fingerprint density at radius 2 is 1.94 bits per heavy atom. The van der Waals surface area contributed by atoms with Crippen LogP contribution in [0.2, 0.25) is 0 Å². The van der Waals surface area contributed by atoms with E-state index in [1.807, 2.05) is 42.6 Å². The van der Waals surface area contributed by atoms with Crippen molar-refractivity contribution in [3.05, 3.63) is 112 Å². The van der Waals surface area contributed by atoms with Gasteiger partial charge in [0.15, 0.2) is 5.16 Å². The Morgan fingerprint density at radius 1 is 1.06 bits per heavy atom. The fraction of sp³-hybridized carbons (Fsp3) is 0.179. The lowest BCUT2D eigenvalue weighted by molar-refractivity contribution is 0.0954. The van der Waals surface area contributed by atoms with Crippen molar-refractivity contribution in [2.24, 2.45) is 0 Å². The quantitative estimate of drug-likeness (QED) is 0.249. The fourth-order valence-corrected chi connectivity index (χ4v) is 5.63. The number of aromatic nitrogens is 3. The lowest BCUT2D eigenvalue weighted by Crippen LogP contribution is -2.25. The van der Waals surface area contributed by atoms with E-state index in [0.29, 0.717) is 18.7 Å². The van der Waals surface area contributed by atoms with Gasteiger partial charge in [0.2, 0.25) is 0 Å². The number of hydrogen-bond acceptors (Lipinski definition) is 5. The maximum Gasteiger partial charge on any atom is 0.251 e. The summed E-state index contributed by atoms with van der Waals surface area (Å²) < 4.78 is 2.21. The van der Waals surface area contributed by atoms with Crippen molar-refractivity contribution in [1.82, 2.24) is 19.9 Å². The monoisotopic (exact) mass is 498 g/mol. The van der Waals surface area contributed by atoms with Crippen LogP contribution in [-0.4, -0.2) is 27.0 Å². The molecule has 0 aliphatic carbocycles. The van der Waals surface area contributed by atoms with Crippen molar-refractivity contribution in [2.45, 2.75) is 30.8 Å². The number of carbonyl (C=O) groups is 1. The summed E-state index contributed by atoms with van der Waals surface area (Å²) in [6.45, 7) is 3.41. The average Bonchev–Trinajstić information content (AvgIpc) is 3.51. The number of benzene rings is 2. The second-order valence-electron chi connectivity index (χ2n) is 8.40. The van der Waals surface area contributed by atoms with Gasteiger partial charge in [-0.2, -0.15) is 0 Å². The van der Waals surface area contributed by atoms with Gasteiger partial charge in [0.05, 0.1) is 23.8 Å². The molecule has 5 nitrogen and oxygen atoms in total. The largest absolute Gasteiger partial charge is 0.352 e. The van der Waals surface area contributed by atoms with Gasteiger partial charge in [0.25, 0.3) is 5.91 Å². The number of nitrogens with zero attached hydrogens (tertiary/aromatic N) is 3. The van der Waals surface area contributed by atoms with Crippen LogP contribution in [0.1, 0.15) is 31.9 Å². The van der Waals surface area contributed by atoms with Gasteiger partial charge in [-0.1, -0.05) is 59.8 Å². The molecule has 1 amide bonds. The number of thioether (sulfide) groups is 1. The Bertz CT molecular complexity index is 1430. The molecule has 1 N–H and O–H groups in total. The molecular weight excluding hydrogens is 472 g/mol. The number of thiophene rings is 1. The molecular formula is C28H26N4OS2. The summed E-state index contributed by atoms with van der Waals surface area (Å²) in [6.07, 6.45) is 4.50. The normalized spacial score (nSPS) is 11.1. The van der Waals surface area contributed by atoms with Crippen molar-refractivity contribution in [2.75, 3.05) is 6.54 Å². The second kappa shape index (κ2) is 10.9. The maximum absolute atomic E-state index is 12.5. The first-order chi connectivity index (χ1) is 17.2. The molecule has 2 aromatic carbocycles. The summed E-state index contributed by atoms with van der Waals surface area (Å²) in [5.74, 6) is 0.808. The van der Waals surface area contributed by atoms with Crippen molar-refractivity contribution >= 4 is 40.0 Å². The Balaban J connectivity index is 1.28. The third-order valence-corrected chi connectivity index (χ3v) is 7.74. The lowest BCUT2D eigenvalue weighted by Gasteiger charge is -2.10. The number of rotatable bonds is 9. The van der Waals surface area contributed by atoms with E-state index in [1.165, 1.54) is 16.0 Å². The summed E-state index contributed by atoms with van der Waals surface area (Å²) >= 11 is 3.44. The van der Waals surface area contributed by atoms with Crippen LogP contribution in [0.25, 0.3) is 11.0 Å². The van der Waals surface area contributed by atoms with E-state index in [1.54, 1.807) is 29.3 Å². The number of aryl methyl sites for hydroxylation is 1. The molecule has 7 heteroatoms. The van der Waals surface area contributed by atoms with E-state index in [4.69, 9.17) is 4.98 Å². The highest BCUT2D eigenvalue weighted by atomic mass is 32.2. The number of nitrogens with one attached hydrogen (secondary N) is 1. The fourth-order valence-electron chi connectivity index (χ4n) is 3.96. The molecule has 35 heavy (non-hydrogen) atoms. The first-order valence-electron chi connectivity index (χ1n) is 11.5. The highest BCUT2D eigenvalue weighted by Crippen LogP contribution is 2.27. The van der Waals surface area contributed by atoms with E-state index in [-0.39, 0.29) is 5.91 Å². The number of pyridine rings is 1. The molecule has 0 atom stereocenters. The summed E-state index contributed by atoms with van der Waals surface area (Å²) in [5.41, 5.74) is 6.27. The molecule has 0 aliphatic rings. The molecule has 0 bridgehead atoms. The SMILES string of the molecule is Cc1cccc(CSc2nc3ccncc3n2Cc2ccc(C(=O)NCCc3cccs3)cc2)c1. The minimum Gasteiger partial charge on any atom is -0.352 e. The molecule has 0 radical (unpaired) electrons. The Hall–Kier alpha value is -3.42. The molecule has 0 unspecified atom stereocenters. The molecule has 0 aliphatic heterocycles. The zero-order chi connectivity index (χ0) is 24.0. The standard InChI is InChI=1S/C28H26N4OS2/c1-20-4-2-5-22(16-20)19-35-28-31-25-12-13-29-17-26(25)32(28)18-21-7-9-23(10-8-21)27(33)30-14-11-24-6-3-15-34-24/h2-10,12-13,15-17H,11,14,18-19H2,1H3,(H,30,33). The summed E-state index contributed by atoms with van der Waals surface area (Å²) in [4.78, 5) is 23.0. The molecule has 176 valence electrons. The maximum atomic E-state index is 12.5. The van der Waals surface area contributed by atoms with Gasteiger partial charge >= 0.3 is 0 Å². The van der Waals surface area contributed by atoms with Gasteiger partial charge < -0.3 is 9.88 Å². The topological polar surface area (TPSA) is 59.8 Å². The van der Waals surface area contributed by atoms with E-state index in [9.17, 15) is 4.79 Å². The number of hydrogen-bond donors (Lipinski definition) is 1. The van der Waals surface area contributed by atoms with E-state index in [0.717, 1.165) is 33.9 Å². The first kappa shape index (κ1) is 23.3. The zero-order valence-electron chi connectivity index (χ0n) is 19.5. The second-order valence-corrected chi connectivity index (χ2v) is 10.4. The van der Waals surface area contributed by atoms with Gasteiger partial charge in [-0.25, -0.2) is 4.98 Å². The lowest BCUT2D eigenvalue weighted by atomic mass is 10.1. The van der Waals surface area contributed by atoms with Crippen LogP contribution in [0.15, 0.2) is 89.7 Å². The van der Waals surface area contributed by atoms with Gasteiger partial charge in [-0.05, 0) is 54.1 Å². The van der Waals surface area contributed by atoms with E-state index < -0.39 is 0 Å². The van der Waals surface area contributed by atoms with Crippen molar-refractivity contribution in [1.29, 1.82) is 0 Å². The molecule has 0 spiro atoms. The Kier molecular flexibility index (Phi) is 7.25. The average molecular weight is 499 g/mol. The number of imidazole rings is 1. The predicted octanol–water partition coefficient (Wildman–Crippen LogP) is 6.11. The summed E-state index contributed by atoms with van der Waals surface area (Å²) in [7, 11) is 0. The first-order valence-corrected chi connectivity index (χ1v) is 13.4. The third kappa shape index (κ3) is 5.81. The highest BCUT2D eigenvalue weighted by molar-refractivity contribution is 7.98. The predicted molar refractivity (Wildman–Crippen MR) is 144 cm³/mol. The smallest absolute Gasteiger partial charge is 0.251 e. The van der Waals surface area contributed by atoms with Crippen LogP contribution in [0, 0.1) is 6.92 Å². The van der Waals surface area contributed by atoms with Crippen molar-refractivity contribution in [3.8, 4) is 0 Å². The van der Waals surface area contributed by atoms with Crippen LogP contribution < -0.4 is 5.32 Å². The van der Waals surface area contributed by atoms with Gasteiger partial charge in [0.1, 0.15) is 0 Å². The minimum absolute atomic E-state index is 0.0419. The molecule has 0 saturated carbocycles.